The first-order valence-electron chi connectivity index (χ1n) is 24.0. The molecule has 10 rings (SSSR count). The summed E-state index contributed by atoms with van der Waals surface area (Å²) >= 11 is 0. The van der Waals surface area contributed by atoms with Gasteiger partial charge in [-0.05, 0) is 137 Å². The molecular weight excluding hydrogens is 1090 g/mol. The van der Waals surface area contributed by atoms with Gasteiger partial charge in [-0.25, -0.2) is 0 Å². The van der Waals surface area contributed by atoms with Crippen LogP contribution in [0.25, 0.3) is 93.9 Å². The van der Waals surface area contributed by atoms with Crippen molar-refractivity contribution in [3.8, 4) is 56.9 Å². The summed E-state index contributed by atoms with van der Waals surface area (Å²) in [6.45, 7) is 4.25. The fourth-order valence-electron chi connectivity index (χ4n) is 10.1. The molecule has 0 aliphatic heterocycles. The maximum absolute atomic E-state index is 15.4. The molecule has 0 saturated heterocycles. The second-order valence-electron chi connectivity index (χ2n) is 18.8. The fraction of sp³-hybridized carbons (Fsp3) is 0.0968. The summed E-state index contributed by atoms with van der Waals surface area (Å²) < 4.78 is 218. The highest BCUT2D eigenvalue weighted by Gasteiger charge is 2.40. The Kier molecular flexibility index (Phi) is 13.3. The number of hydrogen-bond acceptors (Lipinski definition) is 2. The van der Waals surface area contributed by atoms with E-state index in [0.29, 0.717) is 74.8 Å². The van der Waals surface area contributed by atoms with E-state index in [9.17, 15) is 63.2 Å². The second kappa shape index (κ2) is 19.7. The van der Waals surface area contributed by atoms with Crippen molar-refractivity contribution in [2.75, 3.05) is 0 Å². The zero-order valence-electron chi connectivity index (χ0n) is 41.3. The minimum Gasteiger partial charge on any atom is -0.309 e. The molecule has 0 aliphatic rings. The van der Waals surface area contributed by atoms with E-state index in [1.165, 1.54) is 66.7 Å². The lowest BCUT2D eigenvalue weighted by atomic mass is 9.86. The number of fused-ring (bicyclic) bond motifs is 6. The van der Waals surface area contributed by atoms with Crippen LogP contribution in [0.1, 0.15) is 40.3 Å². The van der Waals surface area contributed by atoms with Crippen LogP contribution in [0.4, 0.5) is 65.9 Å². The molecule has 0 bridgehead atoms. The second-order valence-corrected chi connectivity index (χ2v) is 18.8. The first kappa shape index (κ1) is 54.8. The molecule has 2 aromatic heterocycles. The van der Waals surface area contributed by atoms with Gasteiger partial charge in [-0.3, -0.25) is 0 Å². The summed E-state index contributed by atoms with van der Waals surface area (Å²) in [5, 5.41) is 22.4. The number of nitriles is 2. The van der Waals surface area contributed by atoms with Gasteiger partial charge in [0, 0.05) is 38.2 Å². The normalized spacial score (nSPS) is 13.1. The lowest BCUT2D eigenvalue weighted by molar-refractivity contribution is -0.143. The molecule has 0 spiro atoms. The van der Waals surface area contributed by atoms with Crippen molar-refractivity contribution in [3.63, 3.8) is 0 Å². The van der Waals surface area contributed by atoms with Crippen molar-refractivity contribution in [3.05, 3.63) is 221 Å². The molecule has 81 heavy (non-hydrogen) atoms. The van der Waals surface area contributed by atoms with Crippen LogP contribution in [0.3, 0.4) is 0 Å². The number of alkyl halides is 15. The lowest BCUT2D eigenvalue weighted by Gasteiger charge is -2.24. The average Bonchev–Trinajstić information content (AvgIpc) is 3.50. The topological polar surface area (TPSA) is 57.4 Å². The average molecular weight is 1120 g/mol. The Morgan fingerprint density at radius 1 is 0.457 bits per heavy atom. The highest BCUT2D eigenvalue weighted by Crippen LogP contribution is 2.50. The number of aromatic nitrogens is 2. The molecular formula is C62H33F15N4. The first-order chi connectivity index (χ1) is 38.1. The summed E-state index contributed by atoms with van der Waals surface area (Å²) in [7, 11) is 0. The van der Waals surface area contributed by atoms with E-state index >= 15 is 13.2 Å². The molecule has 0 atom stereocenters. The monoisotopic (exact) mass is 1120 g/mol. The maximum Gasteiger partial charge on any atom is 0.417 e. The smallest absolute Gasteiger partial charge is 0.309 e. The number of nitrogens with zero attached hydrogens (tertiary/aromatic N) is 4. The molecule has 8 aromatic carbocycles. The molecule has 0 amide bonds. The van der Waals surface area contributed by atoms with E-state index < -0.39 is 69.8 Å². The molecule has 0 radical (unpaired) electrons. The molecule has 0 aliphatic carbocycles. The summed E-state index contributed by atoms with van der Waals surface area (Å²) in [6, 6.07) is 38.6. The summed E-state index contributed by atoms with van der Waals surface area (Å²) in [4.78, 5) is 0. The third-order valence-electron chi connectivity index (χ3n) is 13.8. The number of para-hydroxylation sites is 2. The van der Waals surface area contributed by atoms with Crippen LogP contribution in [-0.2, 0) is 18.5 Å². The van der Waals surface area contributed by atoms with Gasteiger partial charge in [0.2, 0.25) is 0 Å². The van der Waals surface area contributed by atoms with Crippen LogP contribution < -0.4 is 0 Å². The van der Waals surface area contributed by atoms with Crippen LogP contribution in [0.5, 0.6) is 0 Å². The van der Waals surface area contributed by atoms with Gasteiger partial charge in [-0.15, -0.1) is 0 Å². The van der Waals surface area contributed by atoms with Crippen LogP contribution in [0.2, 0.25) is 0 Å². The maximum atomic E-state index is 15.4. The zero-order valence-corrected chi connectivity index (χ0v) is 41.3. The fourth-order valence-corrected chi connectivity index (χ4v) is 10.1. The Morgan fingerprint density at radius 2 is 1.00 bits per heavy atom. The highest BCUT2D eigenvalue weighted by molar-refractivity contribution is 6.13. The Morgan fingerprint density at radius 3 is 1.54 bits per heavy atom. The standard InChI is InChI=1S/C62H33F15N4/c1-33(23-40(59(66,67)68)24-34(2)58(63,64)65)36-18-21-52-47(28-36)44-10-3-6-14-51(44)81(52)55-16-8-12-46(43-20-17-35(31-78)25-49(43)62(75,76)77)57(55)56-38(32-79)9-7-15-54(56)80-50-13-5-4-11-45(50)48-29-37(19-22-53(48)80)39-26-41(60(69,70)71)30-42(27-39)61(72,73)74/h3-30H,1H2,2H3/b34-24+,40-23+. The third-order valence-corrected chi connectivity index (χ3v) is 13.8. The Bertz CT molecular complexity index is 4360. The number of rotatable bonds is 8. The van der Waals surface area contributed by atoms with Crippen LogP contribution in [-0.4, -0.2) is 21.5 Å². The molecule has 4 nitrogen and oxygen atoms in total. The van der Waals surface area contributed by atoms with Crippen molar-refractivity contribution in [2.45, 2.75) is 37.8 Å². The minimum atomic E-state index is -5.24. The molecule has 19 heteroatoms. The van der Waals surface area contributed by atoms with Crippen molar-refractivity contribution >= 4 is 49.2 Å². The van der Waals surface area contributed by atoms with Crippen LogP contribution >= 0.6 is 0 Å². The van der Waals surface area contributed by atoms with Crippen LogP contribution in [0, 0.1) is 22.7 Å². The molecule has 10 aromatic rings. The van der Waals surface area contributed by atoms with E-state index in [1.54, 1.807) is 75.9 Å². The molecule has 406 valence electrons. The number of allylic oxidation sites excluding steroid dienone is 5. The zero-order chi connectivity index (χ0) is 58.3. The summed E-state index contributed by atoms with van der Waals surface area (Å²) in [5.41, 5.74) is -7.57. The van der Waals surface area contributed by atoms with Gasteiger partial charge in [0.05, 0.1) is 79.0 Å². The summed E-state index contributed by atoms with van der Waals surface area (Å²) in [6.07, 6.45) is -25.3. The quantitative estimate of drug-likeness (QED) is 0.112. The number of halogens is 15. The minimum absolute atomic E-state index is 0.00762. The van der Waals surface area contributed by atoms with E-state index in [2.05, 4.69) is 12.6 Å². The third kappa shape index (κ3) is 10.0. The van der Waals surface area contributed by atoms with E-state index in [0.717, 1.165) is 6.07 Å². The van der Waals surface area contributed by atoms with Gasteiger partial charge in [-0.2, -0.15) is 76.4 Å². The first-order valence-corrected chi connectivity index (χ1v) is 24.0. The summed E-state index contributed by atoms with van der Waals surface area (Å²) in [5.74, 6) is 0. The van der Waals surface area contributed by atoms with Crippen molar-refractivity contribution in [1.29, 1.82) is 10.5 Å². The highest BCUT2D eigenvalue weighted by atomic mass is 19.4. The Balaban J connectivity index is 1.29. The van der Waals surface area contributed by atoms with Crippen molar-refractivity contribution in [1.82, 2.24) is 9.13 Å². The predicted octanol–water partition coefficient (Wildman–Crippen LogP) is 19.7. The largest absolute Gasteiger partial charge is 0.417 e. The van der Waals surface area contributed by atoms with Gasteiger partial charge >= 0.3 is 30.9 Å². The predicted molar refractivity (Wildman–Crippen MR) is 279 cm³/mol. The molecule has 0 unspecified atom stereocenters. The van der Waals surface area contributed by atoms with E-state index in [4.69, 9.17) is 0 Å². The lowest BCUT2D eigenvalue weighted by Crippen LogP contribution is -2.14. The van der Waals surface area contributed by atoms with E-state index in [1.807, 2.05) is 0 Å². The molecule has 0 fully saturated rings. The van der Waals surface area contributed by atoms with Gasteiger partial charge < -0.3 is 9.13 Å². The van der Waals surface area contributed by atoms with Gasteiger partial charge in [0.1, 0.15) is 0 Å². The van der Waals surface area contributed by atoms with Crippen molar-refractivity contribution in [2.24, 2.45) is 0 Å². The molecule has 2 heterocycles. The van der Waals surface area contributed by atoms with E-state index in [-0.39, 0.29) is 68.0 Å². The van der Waals surface area contributed by atoms with Crippen LogP contribution in [0.15, 0.2) is 188 Å². The van der Waals surface area contributed by atoms with Gasteiger partial charge in [0.25, 0.3) is 0 Å². The molecule has 0 N–H and O–H groups in total. The van der Waals surface area contributed by atoms with Gasteiger partial charge in [0.15, 0.2) is 0 Å². The number of hydrogen-bond donors (Lipinski definition) is 0. The number of benzene rings is 8. The SMILES string of the molecule is C=C(/C=C(\C=C(/C)C(F)(F)F)C(F)(F)F)c1ccc2c(c1)c1ccccc1n2-c1cccc(-c2ccc(C#N)cc2C(F)(F)F)c1-c1c(C#N)cccc1-n1c2ccccc2c2cc(-c3cc(C(F)(F)F)cc(C(F)(F)F)c3)ccc21. The Hall–Kier alpha value is -9.49. The van der Waals surface area contributed by atoms with Gasteiger partial charge in [-0.1, -0.05) is 79.4 Å². The Labute approximate surface area is 449 Å². The molecule has 0 saturated carbocycles. The van der Waals surface area contributed by atoms with Crippen molar-refractivity contribution < 1.29 is 65.9 Å².